The first-order valence-corrected chi connectivity index (χ1v) is 9.80. The van der Waals surface area contributed by atoms with Crippen LogP contribution in [0.15, 0.2) is 47.4 Å². The Morgan fingerprint density at radius 2 is 1.62 bits per heavy atom. The Hall–Kier alpha value is -2.67. The maximum absolute atomic E-state index is 12.4. The number of amides is 2. The van der Waals surface area contributed by atoms with Gasteiger partial charge in [-0.05, 0) is 55.3 Å². The third-order valence-electron chi connectivity index (χ3n) is 3.80. The molecule has 0 unspecified atom stereocenters. The van der Waals surface area contributed by atoms with E-state index in [1.54, 1.807) is 0 Å². The van der Waals surface area contributed by atoms with Crippen LogP contribution in [0.1, 0.15) is 24.5 Å². The molecule has 0 bridgehead atoms. The van der Waals surface area contributed by atoms with Crippen LogP contribution in [0.5, 0.6) is 0 Å². The van der Waals surface area contributed by atoms with Crippen molar-refractivity contribution in [2.75, 3.05) is 16.4 Å². The molecule has 0 saturated heterocycles. The fourth-order valence-corrected chi connectivity index (χ4v) is 3.62. The topological polar surface area (TPSA) is 92.3 Å². The van der Waals surface area contributed by atoms with Gasteiger partial charge in [-0.2, -0.15) is 0 Å². The molecule has 26 heavy (non-hydrogen) atoms. The number of carbonyl (C=O) groups is 2. The Kier molecular flexibility index (Phi) is 6.15. The van der Waals surface area contributed by atoms with Gasteiger partial charge in [0, 0.05) is 24.7 Å². The van der Waals surface area contributed by atoms with E-state index in [4.69, 9.17) is 0 Å². The van der Waals surface area contributed by atoms with Crippen LogP contribution in [0.4, 0.5) is 11.4 Å². The van der Waals surface area contributed by atoms with Crippen LogP contribution in [0.2, 0.25) is 0 Å². The summed E-state index contributed by atoms with van der Waals surface area (Å²) in [7, 11) is -3.58. The number of anilines is 2. The van der Waals surface area contributed by atoms with Gasteiger partial charge in [0.2, 0.25) is 11.8 Å². The molecule has 0 fully saturated rings. The first kappa shape index (κ1) is 19.7. The summed E-state index contributed by atoms with van der Waals surface area (Å²) in [6.45, 7) is 5.17. The number of hydrogen-bond acceptors (Lipinski definition) is 4. The lowest BCUT2D eigenvalue weighted by atomic mass is 10.1. The average Bonchev–Trinajstić information content (AvgIpc) is 2.56. The second-order valence-corrected chi connectivity index (χ2v) is 8.25. The van der Waals surface area contributed by atoms with Gasteiger partial charge in [0.15, 0.2) is 9.84 Å². The summed E-state index contributed by atoms with van der Waals surface area (Å²) in [5.41, 5.74) is 3.13. The van der Waals surface area contributed by atoms with Crippen LogP contribution >= 0.6 is 0 Å². The zero-order valence-corrected chi connectivity index (χ0v) is 15.8. The smallest absolute Gasteiger partial charge is 0.225 e. The van der Waals surface area contributed by atoms with Crippen LogP contribution in [0, 0.1) is 13.8 Å². The second kappa shape index (κ2) is 8.14. The number of sulfone groups is 1. The minimum atomic E-state index is -3.58. The molecule has 2 N–H and O–H groups in total. The number of hydrogen-bond donors (Lipinski definition) is 2. The molecule has 0 radical (unpaired) electrons. The lowest BCUT2D eigenvalue weighted by molar-refractivity contribution is -0.116. The van der Waals surface area contributed by atoms with Crippen molar-refractivity contribution in [2.24, 2.45) is 0 Å². The molecule has 0 aromatic heterocycles. The van der Waals surface area contributed by atoms with Crippen molar-refractivity contribution >= 4 is 33.0 Å². The molecule has 2 rings (SSSR count). The van der Waals surface area contributed by atoms with E-state index < -0.39 is 9.84 Å². The van der Waals surface area contributed by atoms with Gasteiger partial charge in [-0.1, -0.05) is 12.1 Å². The summed E-state index contributed by atoms with van der Waals surface area (Å²) in [6, 6.07) is 11.6. The molecule has 0 aliphatic heterocycles. The van der Waals surface area contributed by atoms with Crippen molar-refractivity contribution in [3.8, 4) is 0 Å². The molecule has 0 aliphatic carbocycles. The van der Waals surface area contributed by atoms with Gasteiger partial charge >= 0.3 is 0 Å². The molecular weight excluding hydrogens is 352 g/mol. The molecule has 0 atom stereocenters. The zero-order valence-electron chi connectivity index (χ0n) is 15.0. The molecule has 2 amide bonds. The Morgan fingerprint density at radius 3 is 2.23 bits per heavy atom. The van der Waals surface area contributed by atoms with E-state index in [-0.39, 0.29) is 28.9 Å². The number of rotatable bonds is 6. The molecule has 0 spiro atoms. The van der Waals surface area contributed by atoms with E-state index in [9.17, 15) is 18.0 Å². The number of nitrogens with one attached hydrogen (secondary N) is 2. The maximum atomic E-state index is 12.4. The maximum Gasteiger partial charge on any atom is 0.225 e. The van der Waals surface area contributed by atoms with Gasteiger partial charge in [0.25, 0.3) is 0 Å². The largest absolute Gasteiger partial charge is 0.326 e. The third-order valence-corrected chi connectivity index (χ3v) is 5.53. The highest BCUT2D eigenvalue weighted by Gasteiger charge is 2.17. The summed E-state index contributed by atoms with van der Waals surface area (Å²) < 4.78 is 24.8. The molecule has 2 aromatic rings. The number of aryl methyl sites for hydroxylation is 2. The highest BCUT2D eigenvalue weighted by molar-refractivity contribution is 7.91. The quantitative estimate of drug-likeness (QED) is 0.813. The molecule has 138 valence electrons. The van der Waals surface area contributed by atoms with Crippen LogP contribution in [0.25, 0.3) is 0 Å². The van der Waals surface area contributed by atoms with Gasteiger partial charge in [-0.3, -0.25) is 9.59 Å². The van der Waals surface area contributed by atoms with E-state index in [2.05, 4.69) is 10.6 Å². The Morgan fingerprint density at radius 1 is 0.962 bits per heavy atom. The van der Waals surface area contributed by atoms with E-state index in [0.717, 1.165) is 11.1 Å². The minimum absolute atomic E-state index is 0.117. The minimum Gasteiger partial charge on any atom is -0.326 e. The molecule has 0 aliphatic rings. The van der Waals surface area contributed by atoms with Crippen LogP contribution in [0.3, 0.4) is 0 Å². The Bertz CT molecular complexity index is 919. The van der Waals surface area contributed by atoms with Gasteiger partial charge < -0.3 is 10.6 Å². The van der Waals surface area contributed by atoms with Crippen molar-refractivity contribution in [3.63, 3.8) is 0 Å². The molecule has 2 aromatic carbocycles. The fraction of sp³-hybridized carbons (Fsp3) is 0.263. The normalized spacial score (nSPS) is 11.0. The second-order valence-electron chi connectivity index (χ2n) is 6.14. The highest BCUT2D eigenvalue weighted by Crippen LogP contribution is 2.18. The molecule has 0 saturated carbocycles. The van der Waals surface area contributed by atoms with Crippen molar-refractivity contribution < 1.29 is 18.0 Å². The van der Waals surface area contributed by atoms with Crippen LogP contribution < -0.4 is 10.6 Å². The summed E-state index contributed by atoms with van der Waals surface area (Å²) in [5, 5.41) is 5.33. The Balaban J connectivity index is 1.99. The Labute approximate surface area is 153 Å². The standard InChI is InChI=1S/C19H22N2O4S/c1-13-4-5-14(2)18(12-13)21-19(23)10-11-26(24,25)17-8-6-16(7-9-17)20-15(3)22/h4-9,12H,10-11H2,1-3H3,(H,20,22)(H,21,23). The predicted octanol–water partition coefficient (Wildman–Crippen LogP) is 3.06. The van der Waals surface area contributed by atoms with Gasteiger partial charge in [0.1, 0.15) is 0 Å². The summed E-state index contributed by atoms with van der Waals surface area (Å²) in [4.78, 5) is 23.2. The lowest BCUT2D eigenvalue weighted by Crippen LogP contribution is -2.18. The highest BCUT2D eigenvalue weighted by atomic mass is 32.2. The molecule has 7 heteroatoms. The lowest BCUT2D eigenvalue weighted by Gasteiger charge is -2.10. The van der Waals surface area contributed by atoms with E-state index in [0.29, 0.717) is 11.4 Å². The molecule has 0 heterocycles. The van der Waals surface area contributed by atoms with Crippen LogP contribution in [-0.4, -0.2) is 26.0 Å². The summed E-state index contributed by atoms with van der Waals surface area (Å²) in [5.74, 6) is -0.871. The monoisotopic (exact) mass is 374 g/mol. The van der Waals surface area contributed by atoms with Crippen LogP contribution in [-0.2, 0) is 19.4 Å². The molecular formula is C19H22N2O4S. The number of carbonyl (C=O) groups excluding carboxylic acids is 2. The van der Waals surface area contributed by atoms with Gasteiger partial charge in [-0.25, -0.2) is 8.42 Å². The number of benzene rings is 2. The van der Waals surface area contributed by atoms with Crippen molar-refractivity contribution in [1.29, 1.82) is 0 Å². The summed E-state index contributed by atoms with van der Waals surface area (Å²) in [6.07, 6.45) is -0.136. The van der Waals surface area contributed by atoms with Crippen molar-refractivity contribution in [1.82, 2.24) is 0 Å². The zero-order chi connectivity index (χ0) is 19.3. The van der Waals surface area contributed by atoms with E-state index in [1.165, 1.54) is 31.2 Å². The fourth-order valence-electron chi connectivity index (χ4n) is 2.38. The predicted molar refractivity (Wildman–Crippen MR) is 102 cm³/mol. The first-order valence-electron chi connectivity index (χ1n) is 8.15. The van der Waals surface area contributed by atoms with Crippen molar-refractivity contribution in [2.45, 2.75) is 32.1 Å². The summed E-state index contributed by atoms with van der Waals surface area (Å²) >= 11 is 0. The van der Waals surface area contributed by atoms with E-state index in [1.807, 2.05) is 32.0 Å². The van der Waals surface area contributed by atoms with Gasteiger partial charge in [0.05, 0.1) is 10.6 Å². The first-order chi connectivity index (χ1) is 12.2. The average molecular weight is 374 g/mol. The SMILES string of the molecule is CC(=O)Nc1ccc(S(=O)(=O)CCC(=O)Nc2cc(C)ccc2C)cc1. The van der Waals surface area contributed by atoms with E-state index >= 15 is 0 Å². The molecule has 6 nitrogen and oxygen atoms in total. The van der Waals surface area contributed by atoms with Crippen molar-refractivity contribution in [3.05, 3.63) is 53.6 Å². The van der Waals surface area contributed by atoms with Gasteiger partial charge in [-0.15, -0.1) is 0 Å². The third kappa shape index (κ3) is 5.42.